The summed E-state index contributed by atoms with van der Waals surface area (Å²) in [6.07, 6.45) is 4.19. The van der Waals surface area contributed by atoms with Gasteiger partial charge in [0.15, 0.2) is 0 Å². The first-order valence-corrected chi connectivity index (χ1v) is 8.49. The van der Waals surface area contributed by atoms with Crippen LogP contribution >= 0.6 is 11.6 Å². The number of rotatable bonds is 4. The van der Waals surface area contributed by atoms with Gasteiger partial charge in [-0.25, -0.2) is 4.98 Å². The molecule has 0 saturated carbocycles. The molecule has 0 bridgehead atoms. The Morgan fingerprint density at radius 3 is 2.67 bits per heavy atom. The van der Waals surface area contributed by atoms with Crippen molar-refractivity contribution in [3.8, 4) is 6.07 Å². The molecular formula is C19H20ClN3O. The third kappa shape index (κ3) is 3.53. The van der Waals surface area contributed by atoms with E-state index >= 15 is 0 Å². The lowest BCUT2D eigenvalue weighted by Crippen LogP contribution is -2.43. The molecule has 0 atom stereocenters. The number of pyridine rings is 1. The summed E-state index contributed by atoms with van der Waals surface area (Å²) >= 11 is 6.29. The van der Waals surface area contributed by atoms with Crippen LogP contribution in [0.2, 0.25) is 5.02 Å². The zero-order chi connectivity index (χ0) is 17.0. The molecular weight excluding hydrogens is 322 g/mol. The maximum absolute atomic E-state index is 10.0. The molecule has 0 aliphatic carbocycles. The molecule has 1 aliphatic rings. The van der Waals surface area contributed by atoms with Crippen molar-refractivity contribution in [3.05, 3.63) is 58.7 Å². The van der Waals surface area contributed by atoms with Crippen LogP contribution in [0.5, 0.6) is 0 Å². The highest BCUT2D eigenvalue weighted by molar-refractivity contribution is 6.31. The Hall–Kier alpha value is -2.09. The number of aromatic nitrogens is 1. The first-order chi connectivity index (χ1) is 11.7. The van der Waals surface area contributed by atoms with E-state index in [9.17, 15) is 5.11 Å². The molecule has 1 N–H and O–H groups in total. The van der Waals surface area contributed by atoms with E-state index in [4.69, 9.17) is 16.9 Å². The number of halogens is 1. The summed E-state index contributed by atoms with van der Waals surface area (Å²) in [5, 5.41) is 19.8. The van der Waals surface area contributed by atoms with Crippen molar-refractivity contribution in [3.63, 3.8) is 0 Å². The van der Waals surface area contributed by atoms with Gasteiger partial charge in [-0.3, -0.25) is 0 Å². The average Bonchev–Trinajstić information content (AvgIpc) is 2.64. The van der Waals surface area contributed by atoms with Gasteiger partial charge < -0.3 is 10.0 Å². The number of benzene rings is 1. The van der Waals surface area contributed by atoms with Crippen molar-refractivity contribution in [2.75, 3.05) is 24.6 Å². The fourth-order valence-corrected chi connectivity index (χ4v) is 3.51. The van der Waals surface area contributed by atoms with E-state index in [0.29, 0.717) is 5.56 Å². The standard InChI is InChI=1S/C19H20ClN3O/c20-17-4-2-1-3-16(17)12-19(14-24)6-9-23(10-7-19)18-11-15(13-21)5-8-22-18/h1-5,8,11,24H,6-7,9-10,12,14H2. The highest BCUT2D eigenvalue weighted by Gasteiger charge is 2.35. The second kappa shape index (κ2) is 7.21. The van der Waals surface area contributed by atoms with E-state index in [1.807, 2.05) is 30.3 Å². The third-order valence-electron chi connectivity index (χ3n) is 4.88. The molecule has 4 nitrogen and oxygen atoms in total. The molecule has 3 rings (SSSR count). The summed E-state index contributed by atoms with van der Waals surface area (Å²) in [5.41, 5.74) is 1.57. The van der Waals surface area contributed by atoms with Crippen LogP contribution in [0.1, 0.15) is 24.0 Å². The number of hydrogen-bond acceptors (Lipinski definition) is 4. The van der Waals surface area contributed by atoms with Gasteiger partial charge >= 0.3 is 0 Å². The summed E-state index contributed by atoms with van der Waals surface area (Å²) in [6.45, 7) is 1.78. The topological polar surface area (TPSA) is 60.2 Å². The van der Waals surface area contributed by atoms with Gasteiger partial charge in [-0.2, -0.15) is 5.26 Å². The average molecular weight is 342 g/mol. The summed E-state index contributed by atoms with van der Waals surface area (Å²) in [4.78, 5) is 6.56. The van der Waals surface area contributed by atoms with Gasteiger partial charge in [-0.15, -0.1) is 0 Å². The molecule has 1 saturated heterocycles. The quantitative estimate of drug-likeness (QED) is 0.925. The van der Waals surface area contributed by atoms with Crippen LogP contribution in [0, 0.1) is 16.7 Å². The molecule has 1 aromatic heterocycles. The van der Waals surface area contributed by atoms with E-state index in [-0.39, 0.29) is 12.0 Å². The van der Waals surface area contributed by atoms with Gasteiger partial charge in [-0.1, -0.05) is 29.8 Å². The maximum Gasteiger partial charge on any atom is 0.129 e. The van der Waals surface area contributed by atoms with Crippen LogP contribution in [0.3, 0.4) is 0 Å². The highest BCUT2D eigenvalue weighted by atomic mass is 35.5. The van der Waals surface area contributed by atoms with Crippen LogP contribution in [-0.4, -0.2) is 29.8 Å². The molecule has 1 fully saturated rings. The molecule has 0 unspecified atom stereocenters. The van der Waals surface area contributed by atoms with E-state index in [1.165, 1.54) is 0 Å². The molecule has 2 heterocycles. The lowest BCUT2D eigenvalue weighted by atomic mass is 9.74. The van der Waals surface area contributed by atoms with Crippen LogP contribution < -0.4 is 4.90 Å². The summed E-state index contributed by atoms with van der Waals surface area (Å²) in [5.74, 6) is 0.832. The first kappa shape index (κ1) is 16.8. The van der Waals surface area contributed by atoms with Crippen molar-refractivity contribution < 1.29 is 5.11 Å². The van der Waals surface area contributed by atoms with Gasteiger partial charge in [0.2, 0.25) is 0 Å². The molecule has 2 aromatic rings. The zero-order valence-electron chi connectivity index (χ0n) is 13.5. The first-order valence-electron chi connectivity index (χ1n) is 8.11. The second-order valence-electron chi connectivity index (χ2n) is 6.43. The van der Waals surface area contributed by atoms with E-state index in [2.05, 4.69) is 16.0 Å². The summed E-state index contributed by atoms with van der Waals surface area (Å²) < 4.78 is 0. The number of aliphatic hydroxyl groups excluding tert-OH is 1. The lowest BCUT2D eigenvalue weighted by molar-refractivity contribution is 0.0961. The largest absolute Gasteiger partial charge is 0.396 e. The number of hydrogen-bond donors (Lipinski definition) is 1. The minimum atomic E-state index is -0.145. The normalized spacial score (nSPS) is 16.6. The van der Waals surface area contributed by atoms with Crippen LogP contribution in [0.15, 0.2) is 42.6 Å². The minimum absolute atomic E-state index is 0.145. The Balaban J connectivity index is 1.72. The molecule has 1 aromatic carbocycles. The van der Waals surface area contributed by atoms with Crippen molar-refractivity contribution in [2.45, 2.75) is 19.3 Å². The monoisotopic (exact) mass is 341 g/mol. The molecule has 0 radical (unpaired) electrons. The van der Waals surface area contributed by atoms with Crippen LogP contribution in [0.25, 0.3) is 0 Å². The predicted molar refractivity (Wildman–Crippen MR) is 95.1 cm³/mol. The highest BCUT2D eigenvalue weighted by Crippen LogP contribution is 2.37. The maximum atomic E-state index is 10.0. The molecule has 5 heteroatoms. The number of nitrogens with zero attached hydrogens (tertiary/aromatic N) is 3. The van der Waals surface area contributed by atoms with E-state index in [1.54, 1.807) is 12.3 Å². The van der Waals surface area contributed by atoms with E-state index in [0.717, 1.165) is 48.8 Å². The number of aliphatic hydroxyl groups is 1. The Bertz CT molecular complexity index is 748. The van der Waals surface area contributed by atoms with E-state index < -0.39 is 0 Å². The molecule has 1 aliphatic heterocycles. The Labute approximate surface area is 147 Å². The SMILES string of the molecule is N#Cc1ccnc(N2CCC(CO)(Cc3ccccc3Cl)CC2)c1. The van der Waals surface area contributed by atoms with Crippen molar-refractivity contribution >= 4 is 17.4 Å². The number of anilines is 1. The summed E-state index contributed by atoms with van der Waals surface area (Å²) in [6, 6.07) is 13.5. The Morgan fingerprint density at radius 1 is 1.25 bits per heavy atom. The second-order valence-corrected chi connectivity index (χ2v) is 6.84. The third-order valence-corrected chi connectivity index (χ3v) is 5.25. The van der Waals surface area contributed by atoms with Gasteiger partial charge in [0.05, 0.1) is 11.6 Å². The number of piperidine rings is 1. The van der Waals surface area contributed by atoms with Crippen molar-refractivity contribution in [1.82, 2.24) is 4.98 Å². The van der Waals surface area contributed by atoms with Crippen LogP contribution in [0.4, 0.5) is 5.82 Å². The van der Waals surface area contributed by atoms with Gasteiger partial charge in [0.25, 0.3) is 0 Å². The smallest absolute Gasteiger partial charge is 0.129 e. The lowest BCUT2D eigenvalue weighted by Gasteiger charge is -2.41. The molecule has 0 amide bonds. The Kier molecular flexibility index (Phi) is 5.03. The number of nitriles is 1. The van der Waals surface area contributed by atoms with Crippen molar-refractivity contribution in [2.24, 2.45) is 5.41 Å². The van der Waals surface area contributed by atoms with Gasteiger partial charge in [-0.05, 0) is 43.0 Å². The summed E-state index contributed by atoms with van der Waals surface area (Å²) in [7, 11) is 0. The molecule has 24 heavy (non-hydrogen) atoms. The zero-order valence-corrected chi connectivity index (χ0v) is 14.2. The molecule has 124 valence electrons. The fourth-order valence-electron chi connectivity index (χ4n) is 3.31. The molecule has 0 spiro atoms. The minimum Gasteiger partial charge on any atom is -0.396 e. The fraction of sp³-hybridized carbons (Fsp3) is 0.368. The van der Waals surface area contributed by atoms with Gasteiger partial charge in [0.1, 0.15) is 5.82 Å². The van der Waals surface area contributed by atoms with Gasteiger partial charge in [0, 0.05) is 36.3 Å². The van der Waals surface area contributed by atoms with Crippen LogP contribution in [-0.2, 0) is 6.42 Å². The Morgan fingerprint density at radius 2 is 2.00 bits per heavy atom. The predicted octanol–water partition coefficient (Wildman–Crippen LogP) is 3.43. The van der Waals surface area contributed by atoms with Crippen molar-refractivity contribution in [1.29, 1.82) is 5.26 Å².